The average molecular weight is 215 g/mol. The van der Waals surface area contributed by atoms with Crippen LogP contribution in [0.25, 0.3) is 10.9 Å². The summed E-state index contributed by atoms with van der Waals surface area (Å²) in [5.74, 6) is -0.396. The normalized spacial score (nSPS) is 10.4. The number of esters is 1. The molecule has 0 fully saturated rings. The Morgan fingerprint density at radius 3 is 2.81 bits per heavy atom. The zero-order chi connectivity index (χ0) is 11.5. The Balaban J connectivity index is 2.63. The third-order valence-corrected chi connectivity index (χ3v) is 2.58. The first-order valence-corrected chi connectivity index (χ1v) is 5.23. The van der Waals surface area contributed by atoms with Gasteiger partial charge in [-0.15, -0.1) is 0 Å². The highest BCUT2D eigenvalue weighted by Gasteiger charge is 2.09. The van der Waals surface area contributed by atoms with Crippen LogP contribution in [0.5, 0.6) is 0 Å². The highest BCUT2D eigenvalue weighted by molar-refractivity contribution is 5.91. The molecule has 0 N–H and O–H groups in total. The topological polar surface area (TPSA) is 39.2 Å². The Bertz CT molecular complexity index is 534. The van der Waals surface area contributed by atoms with Crippen LogP contribution in [0.15, 0.2) is 30.3 Å². The number of ether oxygens (including phenoxy) is 1. The minimum absolute atomic E-state index is 0.357. The number of hydrogen-bond donors (Lipinski definition) is 0. The molecule has 0 spiro atoms. The van der Waals surface area contributed by atoms with Crippen molar-refractivity contribution in [3.8, 4) is 0 Å². The van der Waals surface area contributed by atoms with Gasteiger partial charge in [-0.05, 0) is 18.1 Å². The van der Waals surface area contributed by atoms with E-state index in [0.717, 1.165) is 22.9 Å². The predicted octanol–water partition coefficient (Wildman–Crippen LogP) is 2.58. The SMILES string of the molecule is CCc1cccc2ccc(C(=O)OC)nc12. The van der Waals surface area contributed by atoms with E-state index >= 15 is 0 Å². The zero-order valence-electron chi connectivity index (χ0n) is 9.36. The lowest BCUT2D eigenvalue weighted by Gasteiger charge is -2.05. The molecule has 16 heavy (non-hydrogen) atoms. The Kier molecular flexibility index (Phi) is 2.86. The fourth-order valence-corrected chi connectivity index (χ4v) is 1.71. The molecule has 1 heterocycles. The van der Waals surface area contributed by atoms with Gasteiger partial charge >= 0.3 is 5.97 Å². The third-order valence-electron chi connectivity index (χ3n) is 2.58. The van der Waals surface area contributed by atoms with Crippen LogP contribution in [-0.2, 0) is 11.2 Å². The summed E-state index contributed by atoms with van der Waals surface area (Å²) in [6.07, 6.45) is 0.898. The number of aryl methyl sites for hydroxylation is 1. The average Bonchev–Trinajstić information content (AvgIpc) is 2.36. The maximum Gasteiger partial charge on any atom is 0.356 e. The van der Waals surface area contributed by atoms with E-state index in [1.165, 1.54) is 7.11 Å². The van der Waals surface area contributed by atoms with E-state index in [1.807, 2.05) is 24.3 Å². The second-order valence-electron chi connectivity index (χ2n) is 3.53. The van der Waals surface area contributed by atoms with E-state index < -0.39 is 5.97 Å². The van der Waals surface area contributed by atoms with E-state index in [9.17, 15) is 4.79 Å². The molecular weight excluding hydrogens is 202 g/mol. The molecule has 0 unspecified atom stereocenters. The third kappa shape index (κ3) is 1.76. The van der Waals surface area contributed by atoms with Crippen LogP contribution in [-0.4, -0.2) is 18.1 Å². The number of nitrogens with zero attached hydrogens (tertiary/aromatic N) is 1. The molecule has 0 atom stereocenters. The van der Waals surface area contributed by atoms with Crippen molar-refractivity contribution < 1.29 is 9.53 Å². The second-order valence-corrected chi connectivity index (χ2v) is 3.53. The van der Waals surface area contributed by atoms with E-state index in [0.29, 0.717) is 5.69 Å². The zero-order valence-corrected chi connectivity index (χ0v) is 9.36. The van der Waals surface area contributed by atoms with Crippen molar-refractivity contribution in [2.45, 2.75) is 13.3 Å². The predicted molar refractivity (Wildman–Crippen MR) is 62.5 cm³/mol. The molecule has 0 bridgehead atoms. The van der Waals surface area contributed by atoms with Crippen molar-refractivity contribution in [3.63, 3.8) is 0 Å². The van der Waals surface area contributed by atoms with Crippen molar-refractivity contribution in [3.05, 3.63) is 41.6 Å². The van der Waals surface area contributed by atoms with Gasteiger partial charge in [-0.3, -0.25) is 0 Å². The highest BCUT2D eigenvalue weighted by Crippen LogP contribution is 2.18. The van der Waals surface area contributed by atoms with Gasteiger partial charge in [-0.1, -0.05) is 31.2 Å². The van der Waals surface area contributed by atoms with Crippen molar-refractivity contribution >= 4 is 16.9 Å². The standard InChI is InChI=1S/C13H13NO2/c1-3-9-5-4-6-10-7-8-11(13(15)16-2)14-12(9)10/h4-8H,3H2,1-2H3. The van der Waals surface area contributed by atoms with Gasteiger partial charge in [0.05, 0.1) is 12.6 Å². The molecule has 2 rings (SSSR count). The van der Waals surface area contributed by atoms with Gasteiger partial charge in [-0.2, -0.15) is 0 Å². The molecule has 0 aliphatic rings. The maximum atomic E-state index is 11.4. The van der Waals surface area contributed by atoms with Crippen LogP contribution >= 0.6 is 0 Å². The summed E-state index contributed by atoms with van der Waals surface area (Å²) in [5, 5.41) is 1.05. The summed E-state index contributed by atoms with van der Waals surface area (Å²) in [6.45, 7) is 2.07. The molecule has 0 aliphatic heterocycles. The molecule has 3 nitrogen and oxygen atoms in total. The fourth-order valence-electron chi connectivity index (χ4n) is 1.71. The van der Waals surface area contributed by atoms with E-state index in [2.05, 4.69) is 16.6 Å². The van der Waals surface area contributed by atoms with Gasteiger partial charge in [-0.25, -0.2) is 9.78 Å². The van der Waals surface area contributed by atoms with Gasteiger partial charge in [0.15, 0.2) is 0 Å². The first-order valence-electron chi connectivity index (χ1n) is 5.23. The minimum atomic E-state index is -0.396. The van der Waals surface area contributed by atoms with Crippen LogP contribution in [0, 0.1) is 0 Å². The lowest BCUT2D eigenvalue weighted by Crippen LogP contribution is -2.04. The lowest BCUT2D eigenvalue weighted by molar-refractivity contribution is 0.0594. The number of carbonyl (C=O) groups is 1. The number of benzene rings is 1. The monoisotopic (exact) mass is 215 g/mol. The minimum Gasteiger partial charge on any atom is -0.464 e. The number of para-hydroxylation sites is 1. The molecule has 3 heteroatoms. The van der Waals surface area contributed by atoms with Crippen molar-refractivity contribution in [2.24, 2.45) is 0 Å². The lowest BCUT2D eigenvalue weighted by atomic mass is 10.1. The number of hydrogen-bond acceptors (Lipinski definition) is 3. The van der Waals surface area contributed by atoms with Gasteiger partial charge in [0.2, 0.25) is 0 Å². The van der Waals surface area contributed by atoms with Crippen LogP contribution in [0.2, 0.25) is 0 Å². The molecular formula is C13H13NO2. The van der Waals surface area contributed by atoms with Gasteiger partial charge in [0.25, 0.3) is 0 Å². The summed E-state index contributed by atoms with van der Waals surface area (Å²) in [5.41, 5.74) is 2.38. The Morgan fingerprint density at radius 2 is 2.12 bits per heavy atom. The number of methoxy groups -OCH3 is 1. The van der Waals surface area contributed by atoms with E-state index in [1.54, 1.807) is 6.07 Å². The number of aromatic nitrogens is 1. The summed E-state index contributed by atoms with van der Waals surface area (Å²) in [6, 6.07) is 9.60. The fraction of sp³-hybridized carbons (Fsp3) is 0.231. The molecule has 0 saturated heterocycles. The number of rotatable bonds is 2. The molecule has 1 aromatic carbocycles. The van der Waals surface area contributed by atoms with Crippen molar-refractivity contribution in [1.29, 1.82) is 0 Å². The van der Waals surface area contributed by atoms with E-state index in [4.69, 9.17) is 0 Å². The Labute approximate surface area is 94.1 Å². The molecule has 0 amide bonds. The number of fused-ring (bicyclic) bond motifs is 1. The molecule has 0 aliphatic carbocycles. The highest BCUT2D eigenvalue weighted by atomic mass is 16.5. The van der Waals surface area contributed by atoms with Crippen LogP contribution < -0.4 is 0 Å². The maximum absolute atomic E-state index is 11.4. The first kappa shape index (κ1) is 10.6. The van der Waals surface area contributed by atoms with Gasteiger partial charge in [0.1, 0.15) is 5.69 Å². The smallest absolute Gasteiger partial charge is 0.356 e. The van der Waals surface area contributed by atoms with E-state index in [-0.39, 0.29) is 0 Å². The first-order chi connectivity index (χ1) is 7.76. The number of pyridine rings is 1. The molecule has 0 saturated carbocycles. The second kappa shape index (κ2) is 4.31. The molecule has 82 valence electrons. The summed E-state index contributed by atoms with van der Waals surface area (Å²) < 4.78 is 4.66. The Morgan fingerprint density at radius 1 is 1.31 bits per heavy atom. The quantitative estimate of drug-likeness (QED) is 0.723. The van der Waals surface area contributed by atoms with Gasteiger partial charge < -0.3 is 4.74 Å². The summed E-state index contributed by atoms with van der Waals surface area (Å²) in [7, 11) is 1.36. The molecule has 2 aromatic rings. The summed E-state index contributed by atoms with van der Waals surface area (Å²) in [4.78, 5) is 15.7. The Hall–Kier alpha value is -1.90. The largest absolute Gasteiger partial charge is 0.464 e. The van der Waals surface area contributed by atoms with Crippen LogP contribution in [0.3, 0.4) is 0 Å². The van der Waals surface area contributed by atoms with Crippen LogP contribution in [0.1, 0.15) is 23.0 Å². The van der Waals surface area contributed by atoms with Crippen molar-refractivity contribution in [1.82, 2.24) is 4.98 Å². The van der Waals surface area contributed by atoms with Crippen LogP contribution in [0.4, 0.5) is 0 Å². The molecule has 1 aromatic heterocycles. The van der Waals surface area contributed by atoms with Crippen molar-refractivity contribution in [2.75, 3.05) is 7.11 Å². The molecule has 0 radical (unpaired) electrons. The van der Waals surface area contributed by atoms with Gasteiger partial charge in [0, 0.05) is 5.39 Å². The summed E-state index contributed by atoms with van der Waals surface area (Å²) >= 11 is 0. The number of carbonyl (C=O) groups excluding carboxylic acids is 1.